The minimum Gasteiger partial charge on any atom is -0.266 e. The van der Waals surface area contributed by atoms with Gasteiger partial charge in [0.2, 0.25) is 0 Å². The van der Waals surface area contributed by atoms with E-state index in [1.54, 1.807) is 24.3 Å². The van der Waals surface area contributed by atoms with Crippen LogP contribution in [0.4, 0.5) is 0 Å². The van der Waals surface area contributed by atoms with E-state index >= 15 is 0 Å². The smallest absolute Gasteiger partial charge is 0.151 e. The van der Waals surface area contributed by atoms with E-state index in [0.29, 0.717) is 20.1 Å². The molecule has 0 aliphatic heterocycles. The van der Waals surface area contributed by atoms with Crippen molar-refractivity contribution in [3.05, 3.63) is 44.4 Å². The van der Waals surface area contributed by atoms with Gasteiger partial charge in [0.25, 0.3) is 0 Å². The number of halogens is 3. The highest BCUT2D eigenvalue weighted by Gasteiger charge is 1.87. The van der Waals surface area contributed by atoms with Gasteiger partial charge in [0.05, 0.1) is 0 Å². The number of hydrogen-bond acceptors (Lipinski definition) is 4. The van der Waals surface area contributed by atoms with Gasteiger partial charge in [0.1, 0.15) is 9.79 Å². The molecule has 2 aromatic rings. The summed E-state index contributed by atoms with van der Waals surface area (Å²) in [6, 6.07) is 6.48. The Kier molecular flexibility index (Phi) is 5.62. The fraction of sp³-hybridized carbons (Fsp3) is 0. The Morgan fingerprint density at radius 3 is 1.69 bits per heavy atom. The van der Waals surface area contributed by atoms with Crippen LogP contribution in [0, 0.1) is 4.64 Å². The molecule has 0 aliphatic rings. The molecule has 0 radical (unpaired) electrons. The molecule has 0 fully saturated rings. The quantitative estimate of drug-likeness (QED) is 0.755. The Bertz CT molecular complexity index is 458. The molecule has 0 saturated carbocycles. The van der Waals surface area contributed by atoms with Gasteiger partial charge in [-0.2, -0.15) is 5.10 Å². The second kappa shape index (κ2) is 6.75. The summed E-state index contributed by atoms with van der Waals surface area (Å²) in [5.74, 6) is 0. The van der Waals surface area contributed by atoms with Crippen molar-refractivity contribution in [3.8, 4) is 0 Å². The normalized spacial score (nSPS) is 9.19. The molecule has 0 atom stereocenters. The van der Waals surface area contributed by atoms with E-state index in [-0.39, 0.29) is 0 Å². The third-order valence-corrected chi connectivity index (χ3v) is 2.09. The van der Waals surface area contributed by atoms with Gasteiger partial charge >= 0.3 is 0 Å². The first kappa shape index (κ1) is 13.3. The number of hydrogen-bond donors (Lipinski definition) is 1. The van der Waals surface area contributed by atoms with Crippen LogP contribution in [0.1, 0.15) is 0 Å². The number of aromatic amines is 1. The van der Waals surface area contributed by atoms with E-state index in [1.165, 1.54) is 0 Å². The second-order valence-corrected chi connectivity index (χ2v) is 4.02. The van der Waals surface area contributed by atoms with Crippen LogP contribution in [-0.2, 0) is 0 Å². The van der Waals surface area contributed by atoms with Crippen molar-refractivity contribution in [3.63, 3.8) is 0 Å². The van der Waals surface area contributed by atoms with Crippen LogP contribution in [0.25, 0.3) is 0 Å². The summed E-state index contributed by atoms with van der Waals surface area (Å²) in [7, 11) is 0. The zero-order chi connectivity index (χ0) is 12.0. The standard InChI is InChI=1S/C4H2Cl2N2.C4H3ClN2S/c5-3-1-2-4(6)8-7-3;5-3-1-2-4(8)7-6-3/h1-2H;1-2H,(H,7,8). The Labute approximate surface area is 112 Å². The average Bonchev–Trinajstić information content (AvgIpc) is 2.28. The topological polar surface area (TPSA) is 54.5 Å². The zero-order valence-electron chi connectivity index (χ0n) is 7.69. The van der Waals surface area contributed by atoms with Gasteiger partial charge in [-0.25, -0.2) is 0 Å². The fourth-order valence-electron chi connectivity index (χ4n) is 0.627. The Morgan fingerprint density at radius 2 is 1.38 bits per heavy atom. The van der Waals surface area contributed by atoms with Crippen LogP contribution in [0.15, 0.2) is 24.3 Å². The predicted molar refractivity (Wildman–Crippen MR) is 66.5 cm³/mol. The Hall–Kier alpha value is -0.750. The summed E-state index contributed by atoms with van der Waals surface area (Å²) in [5.41, 5.74) is 0. The van der Waals surface area contributed by atoms with Gasteiger partial charge < -0.3 is 0 Å². The maximum atomic E-state index is 5.42. The molecule has 4 nitrogen and oxygen atoms in total. The number of nitrogens with zero attached hydrogens (tertiary/aromatic N) is 3. The lowest BCUT2D eigenvalue weighted by Crippen LogP contribution is -1.78. The highest BCUT2D eigenvalue weighted by molar-refractivity contribution is 7.71. The van der Waals surface area contributed by atoms with E-state index < -0.39 is 0 Å². The van der Waals surface area contributed by atoms with Gasteiger partial charge in [-0.05, 0) is 24.3 Å². The van der Waals surface area contributed by atoms with Crippen LogP contribution in [0.2, 0.25) is 15.5 Å². The molecule has 2 aromatic heterocycles. The molecule has 0 aromatic carbocycles. The molecule has 0 spiro atoms. The summed E-state index contributed by atoms with van der Waals surface area (Å²) >= 11 is 20.9. The van der Waals surface area contributed by atoms with Gasteiger partial charge in [-0.15, -0.1) is 10.2 Å². The van der Waals surface area contributed by atoms with Crippen LogP contribution in [0.3, 0.4) is 0 Å². The molecule has 0 saturated heterocycles. The van der Waals surface area contributed by atoms with Crippen molar-refractivity contribution in [2.75, 3.05) is 0 Å². The molecule has 1 N–H and O–H groups in total. The third kappa shape index (κ3) is 5.37. The van der Waals surface area contributed by atoms with Crippen molar-refractivity contribution in [2.24, 2.45) is 0 Å². The summed E-state index contributed by atoms with van der Waals surface area (Å²) in [6.45, 7) is 0. The number of aromatic nitrogens is 4. The lowest BCUT2D eigenvalue weighted by Gasteiger charge is -1.83. The summed E-state index contributed by atoms with van der Waals surface area (Å²) < 4.78 is 0.592. The summed E-state index contributed by atoms with van der Waals surface area (Å²) in [6.07, 6.45) is 0. The highest BCUT2D eigenvalue weighted by atomic mass is 35.5. The molecule has 8 heteroatoms. The van der Waals surface area contributed by atoms with E-state index in [4.69, 9.17) is 47.0 Å². The zero-order valence-corrected chi connectivity index (χ0v) is 10.8. The average molecular weight is 296 g/mol. The highest BCUT2D eigenvalue weighted by Crippen LogP contribution is 2.05. The van der Waals surface area contributed by atoms with Crippen molar-refractivity contribution in [2.45, 2.75) is 0 Å². The van der Waals surface area contributed by atoms with E-state index in [1.807, 2.05) is 0 Å². The van der Waals surface area contributed by atoms with E-state index in [9.17, 15) is 0 Å². The molecule has 2 heterocycles. The summed E-state index contributed by atoms with van der Waals surface area (Å²) in [5, 5.41) is 14.2. The van der Waals surface area contributed by atoms with Crippen molar-refractivity contribution >= 4 is 47.0 Å². The van der Waals surface area contributed by atoms with Gasteiger partial charge in [-0.1, -0.05) is 47.0 Å². The van der Waals surface area contributed by atoms with Crippen molar-refractivity contribution < 1.29 is 0 Å². The Balaban J connectivity index is 0.000000160. The molecular weight excluding hydrogens is 291 g/mol. The molecule has 0 bridgehead atoms. The fourth-order valence-corrected chi connectivity index (χ4v) is 1.05. The molecule has 16 heavy (non-hydrogen) atoms. The van der Waals surface area contributed by atoms with E-state index in [2.05, 4.69) is 20.4 Å². The minimum atomic E-state index is 0.356. The van der Waals surface area contributed by atoms with Crippen LogP contribution >= 0.6 is 47.0 Å². The first-order valence-electron chi connectivity index (χ1n) is 3.94. The molecule has 84 valence electrons. The van der Waals surface area contributed by atoms with Gasteiger partial charge in [0.15, 0.2) is 10.3 Å². The second-order valence-electron chi connectivity index (χ2n) is 2.42. The SMILES string of the molecule is Clc1ccc(Cl)nn1.S=c1ccc(Cl)n[nH]1. The number of nitrogens with one attached hydrogen (secondary N) is 1. The van der Waals surface area contributed by atoms with Crippen LogP contribution in [0.5, 0.6) is 0 Å². The number of rotatable bonds is 0. The van der Waals surface area contributed by atoms with Crippen molar-refractivity contribution in [1.82, 2.24) is 20.4 Å². The maximum Gasteiger partial charge on any atom is 0.151 e. The maximum absolute atomic E-state index is 5.42. The van der Waals surface area contributed by atoms with Gasteiger partial charge in [-0.3, -0.25) is 5.10 Å². The first-order valence-corrected chi connectivity index (χ1v) is 5.48. The Morgan fingerprint density at radius 1 is 0.875 bits per heavy atom. The number of H-pyrrole nitrogens is 1. The molecule has 0 amide bonds. The minimum absolute atomic E-state index is 0.356. The van der Waals surface area contributed by atoms with Crippen molar-refractivity contribution in [1.29, 1.82) is 0 Å². The monoisotopic (exact) mass is 294 g/mol. The molecular formula is C8H5Cl3N4S. The lowest BCUT2D eigenvalue weighted by molar-refractivity contribution is 1.02. The molecule has 0 aliphatic carbocycles. The van der Waals surface area contributed by atoms with Crippen LogP contribution in [-0.4, -0.2) is 20.4 Å². The van der Waals surface area contributed by atoms with E-state index in [0.717, 1.165) is 0 Å². The molecule has 0 unspecified atom stereocenters. The summed E-state index contributed by atoms with van der Waals surface area (Å²) in [4.78, 5) is 0. The largest absolute Gasteiger partial charge is 0.266 e. The lowest BCUT2D eigenvalue weighted by atomic mass is 10.6. The third-order valence-electron chi connectivity index (χ3n) is 1.24. The predicted octanol–water partition coefficient (Wildman–Crippen LogP) is 3.58. The van der Waals surface area contributed by atoms with Crippen LogP contribution < -0.4 is 0 Å². The molecule has 2 rings (SSSR count). The van der Waals surface area contributed by atoms with Gasteiger partial charge in [0, 0.05) is 0 Å². The first-order chi connectivity index (χ1) is 7.58.